The summed E-state index contributed by atoms with van der Waals surface area (Å²) in [6.07, 6.45) is 4.49. The van der Waals surface area contributed by atoms with Crippen molar-refractivity contribution < 1.29 is 9.72 Å². The fourth-order valence-electron chi connectivity index (χ4n) is 1.67. The molecule has 0 radical (unpaired) electrons. The van der Waals surface area contributed by atoms with Crippen LogP contribution in [0.4, 0.5) is 5.69 Å². The average molecular weight is 265 g/mol. The molecule has 6 nitrogen and oxygen atoms in total. The van der Waals surface area contributed by atoms with E-state index in [0.29, 0.717) is 0 Å². The third-order valence-corrected chi connectivity index (χ3v) is 3.17. The van der Waals surface area contributed by atoms with Gasteiger partial charge in [-0.2, -0.15) is 0 Å². The van der Waals surface area contributed by atoms with Gasteiger partial charge in [0, 0.05) is 17.2 Å². The molecule has 0 aliphatic carbocycles. The molecule has 0 aliphatic rings. The molecule has 1 rings (SSSR count). The highest BCUT2D eigenvalue weighted by Crippen LogP contribution is 2.23. The summed E-state index contributed by atoms with van der Waals surface area (Å²) in [7, 11) is 0. The molecule has 0 aliphatic heterocycles. The van der Waals surface area contributed by atoms with Gasteiger partial charge in [-0.1, -0.05) is 20.3 Å². The number of unbranched alkanes of at least 4 members (excludes halogenated alkanes) is 1. The van der Waals surface area contributed by atoms with Crippen LogP contribution < -0.4 is 5.73 Å². The first-order valence-electron chi connectivity index (χ1n) is 6.22. The van der Waals surface area contributed by atoms with Crippen LogP contribution in [0, 0.1) is 15.5 Å². The number of amides is 1. The largest absolute Gasteiger partial charge is 0.369 e. The monoisotopic (exact) mass is 265 g/mol. The Balaban J connectivity index is 2.38. The van der Waals surface area contributed by atoms with Gasteiger partial charge in [-0.05, 0) is 25.3 Å². The number of nitrogens with two attached hydrogens (primary N) is 1. The van der Waals surface area contributed by atoms with Crippen molar-refractivity contribution in [2.45, 2.75) is 39.5 Å². The van der Waals surface area contributed by atoms with E-state index in [1.165, 1.54) is 12.3 Å². The molecular weight excluding hydrogens is 246 g/mol. The maximum absolute atomic E-state index is 11.1. The van der Waals surface area contributed by atoms with Crippen molar-refractivity contribution in [3.63, 3.8) is 0 Å². The highest BCUT2D eigenvalue weighted by atomic mass is 16.6. The molecule has 0 bridgehead atoms. The van der Waals surface area contributed by atoms with Crippen LogP contribution in [0.5, 0.6) is 0 Å². The van der Waals surface area contributed by atoms with Crippen LogP contribution in [-0.4, -0.2) is 15.8 Å². The van der Waals surface area contributed by atoms with E-state index in [1.807, 2.05) is 13.8 Å². The lowest BCUT2D eigenvalue weighted by Crippen LogP contribution is -2.31. The molecule has 0 spiro atoms. The minimum absolute atomic E-state index is 0.00129. The second kappa shape index (κ2) is 6.26. The fourth-order valence-corrected chi connectivity index (χ4v) is 1.67. The number of nitrogens with zero attached hydrogens (tertiary/aromatic N) is 2. The number of nitro groups is 1. The minimum atomic E-state index is -0.483. The topological polar surface area (TPSA) is 99.1 Å². The zero-order valence-electron chi connectivity index (χ0n) is 11.3. The van der Waals surface area contributed by atoms with E-state index in [0.717, 1.165) is 31.4 Å². The quantitative estimate of drug-likeness (QED) is 0.464. The van der Waals surface area contributed by atoms with E-state index >= 15 is 0 Å². The van der Waals surface area contributed by atoms with Crippen molar-refractivity contribution in [2.75, 3.05) is 0 Å². The average Bonchev–Trinajstić information content (AvgIpc) is 2.35. The number of aromatic nitrogens is 1. The summed E-state index contributed by atoms with van der Waals surface area (Å²) in [6, 6.07) is 3.12. The van der Waals surface area contributed by atoms with Crippen molar-refractivity contribution in [3.8, 4) is 0 Å². The summed E-state index contributed by atoms with van der Waals surface area (Å²) >= 11 is 0. The van der Waals surface area contributed by atoms with Crippen LogP contribution >= 0.6 is 0 Å². The lowest BCUT2D eigenvalue weighted by Gasteiger charge is -2.19. The van der Waals surface area contributed by atoms with E-state index in [-0.39, 0.29) is 11.6 Å². The first-order valence-corrected chi connectivity index (χ1v) is 6.22. The van der Waals surface area contributed by atoms with Crippen LogP contribution in [0.3, 0.4) is 0 Å². The third-order valence-electron chi connectivity index (χ3n) is 3.17. The Kier molecular flexibility index (Phi) is 4.97. The van der Waals surface area contributed by atoms with Gasteiger partial charge in [0.1, 0.15) is 6.20 Å². The molecule has 0 unspecified atom stereocenters. The highest BCUT2D eigenvalue weighted by Gasteiger charge is 2.23. The van der Waals surface area contributed by atoms with Gasteiger partial charge in [0.15, 0.2) is 0 Å². The van der Waals surface area contributed by atoms with Gasteiger partial charge in [-0.15, -0.1) is 0 Å². The van der Waals surface area contributed by atoms with Gasteiger partial charge < -0.3 is 5.73 Å². The third kappa shape index (κ3) is 4.65. The van der Waals surface area contributed by atoms with Crippen LogP contribution in [0.1, 0.15) is 38.8 Å². The van der Waals surface area contributed by atoms with Crippen molar-refractivity contribution in [1.29, 1.82) is 0 Å². The Bertz CT molecular complexity index is 455. The van der Waals surface area contributed by atoms with Gasteiger partial charge in [0.25, 0.3) is 5.69 Å². The van der Waals surface area contributed by atoms with Gasteiger partial charge in [0.05, 0.1) is 4.92 Å². The molecule has 0 atom stereocenters. The van der Waals surface area contributed by atoms with Crippen LogP contribution in [0.25, 0.3) is 0 Å². The standard InChI is InChI=1S/C13H19N3O3/c1-13(2,12(14)17)8-4-3-5-10-6-7-11(9-15-10)16(18)19/h6-7,9H,3-5,8H2,1-2H3,(H2,14,17). The predicted molar refractivity (Wildman–Crippen MR) is 71.4 cm³/mol. The first-order chi connectivity index (χ1) is 8.83. The lowest BCUT2D eigenvalue weighted by atomic mass is 9.86. The van der Waals surface area contributed by atoms with E-state index in [9.17, 15) is 14.9 Å². The second-order valence-corrected chi connectivity index (χ2v) is 5.22. The number of primary amides is 1. The highest BCUT2D eigenvalue weighted by molar-refractivity contribution is 5.79. The van der Waals surface area contributed by atoms with E-state index in [2.05, 4.69) is 4.98 Å². The van der Waals surface area contributed by atoms with Crippen LogP contribution in [0.15, 0.2) is 18.3 Å². The van der Waals surface area contributed by atoms with Gasteiger partial charge in [-0.3, -0.25) is 19.9 Å². The summed E-state index contributed by atoms with van der Waals surface area (Å²) < 4.78 is 0. The van der Waals surface area contributed by atoms with E-state index in [4.69, 9.17) is 5.73 Å². The van der Waals surface area contributed by atoms with Gasteiger partial charge >= 0.3 is 0 Å². The molecule has 19 heavy (non-hydrogen) atoms. The number of hydrogen-bond donors (Lipinski definition) is 1. The summed E-state index contributed by atoms with van der Waals surface area (Å²) in [5.41, 5.74) is 5.63. The van der Waals surface area contributed by atoms with Crippen molar-refractivity contribution in [3.05, 3.63) is 34.1 Å². The predicted octanol–water partition coefficient (Wildman–Crippen LogP) is 2.21. The molecule has 0 saturated carbocycles. The SMILES string of the molecule is CC(C)(CCCCc1ccc([N+](=O)[O-])cn1)C(N)=O. The lowest BCUT2D eigenvalue weighted by molar-refractivity contribution is -0.385. The molecule has 2 N–H and O–H groups in total. The van der Waals surface area contributed by atoms with Gasteiger partial charge in [-0.25, -0.2) is 0 Å². The zero-order chi connectivity index (χ0) is 14.5. The normalized spacial score (nSPS) is 11.3. The Morgan fingerprint density at radius 2 is 2.11 bits per heavy atom. The minimum Gasteiger partial charge on any atom is -0.369 e. The zero-order valence-corrected chi connectivity index (χ0v) is 11.3. The van der Waals surface area contributed by atoms with Crippen molar-refractivity contribution in [1.82, 2.24) is 4.98 Å². The van der Waals surface area contributed by atoms with Crippen LogP contribution in [0.2, 0.25) is 0 Å². The molecule has 0 aromatic carbocycles. The maximum atomic E-state index is 11.1. The Morgan fingerprint density at radius 1 is 1.42 bits per heavy atom. The summed E-state index contributed by atoms with van der Waals surface area (Å²) in [5.74, 6) is -0.291. The number of hydrogen-bond acceptors (Lipinski definition) is 4. The fraction of sp³-hybridized carbons (Fsp3) is 0.538. The number of pyridine rings is 1. The smallest absolute Gasteiger partial charge is 0.287 e. The molecule has 1 aromatic rings. The van der Waals surface area contributed by atoms with E-state index < -0.39 is 10.3 Å². The number of carbonyl (C=O) groups excluding carboxylic acids is 1. The van der Waals surface area contributed by atoms with Crippen molar-refractivity contribution >= 4 is 11.6 Å². The molecule has 1 amide bonds. The second-order valence-electron chi connectivity index (χ2n) is 5.22. The molecule has 6 heteroatoms. The number of rotatable bonds is 7. The summed E-state index contributed by atoms with van der Waals surface area (Å²) in [6.45, 7) is 3.67. The maximum Gasteiger partial charge on any atom is 0.287 e. The summed E-state index contributed by atoms with van der Waals surface area (Å²) in [4.78, 5) is 25.2. The number of aryl methyl sites for hydroxylation is 1. The molecule has 1 heterocycles. The van der Waals surface area contributed by atoms with Gasteiger partial charge in [0.2, 0.25) is 5.91 Å². The van der Waals surface area contributed by atoms with E-state index in [1.54, 1.807) is 6.07 Å². The summed E-state index contributed by atoms with van der Waals surface area (Å²) in [5, 5.41) is 10.5. The molecule has 104 valence electrons. The molecular formula is C13H19N3O3. The molecule has 1 aromatic heterocycles. The number of carbonyl (C=O) groups is 1. The molecule has 0 fully saturated rings. The Labute approximate surface area is 112 Å². The first kappa shape index (κ1) is 15.1. The molecule has 0 saturated heterocycles. The Morgan fingerprint density at radius 3 is 2.58 bits per heavy atom. The van der Waals surface area contributed by atoms with Crippen LogP contribution in [-0.2, 0) is 11.2 Å². The van der Waals surface area contributed by atoms with Crippen molar-refractivity contribution in [2.24, 2.45) is 11.1 Å². The Hall–Kier alpha value is -1.98.